The minimum Gasteiger partial charge on any atom is -0.491 e. The maximum absolute atomic E-state index is 12.9. The number of hydrogen-bond acceptors (Lipinski definition) is 4. The summed E-state index contributed by atoms with van der Waals surface area (Å²) in [6, 6.07) is 7.54. The van der Waals surface area contributed by atoms with Gasteiger partial charge in [-0.05, 0) is 30.9 Å². The molecule has 0 radical (unpaired) electrons. The van der Waals surface area contributed by atoms with Crippen molar-refractivity contribution < 1.29 is 19.0 Å². The molecule has 1 aromatic carbocycles. The van der Waals surface area contributed by atoms with Crippen LogP contribution in [0.4, 0.5) is 0 Å². The first kappa shape index (κ1) is 22.7. The van der Waals surface area contributed by atoms with Gasteiger partial charge in [0.05, 0.1) is 19.8 Å². The fourth-order valence-corrected chi connectivity index (χ4v) is 2.97. The first-order valence-electron chi connectivity index (χ1n) is 9.92. The lowest BCUT2D eigenvalue weighted by atomic mass is 9.88. The van der Waals surface area contributed by atoms with Gasteiger partial charge >= 0.3 is 0 Å². The van der Waals surface area contributed by atoms with E-state index in [2.05, 4.69) is 20.8 Å². The van der Waals surface area contributed by atoms with Crippen molar-refractivity contribution in [1.82, 2.24) is 0 Å². The first-order valence-corrected chi connectivity index (χ1v) is 9.92. The second-order valence-corrected chi connectivity index (χ2v) is 7.16. The summed E-state index contributed by atoms with van der Waals surface area (Å²) in [6.45, 7) is 8.73. The van der Waals surface area contributed by atoms with Gasteiger partial charge in [-0.2, -0.15) is 0 Å². The van der Waals surface area contributed by atoms with E-state index in [1.54, 1.807) is 7.11 Å². The third kappa shape index (κ3) is 9.35. The molecule has 1 aromatic rings. The first-order chi connectivity index (χ1) is 12.6. The SMILES string of the molecule is CCCC(CCCC(C)C)C(=O)c1cccc(OCCOCCOC)c1. The number of hydrogen-bond donors (Lipinski definition) is 0. The van der Waals surface area contributed by atoms with Gasteiger partial charge in [-0.3, -0.25) is 4.79 Å². The number of ketones is 1. The van der Waals surface area contributed by atoms with Gasteiger partial charge in [-0.25, -0.2) is 0 Å². The van der Waals surface area contributed by atoms with Crippen molar-refractivity contribution in [3.63, 3.8) is 0 Å². The van der Waals surface area contributed by atoms with E-state index >= 15 is 0 Å². The summed E-state index contributed by atoms with van der Waals surface area (Å²) in [7, 11) is 1.65. The molecule has 0 spiro atoms. The summed E-state index contributed by atoms with van der Waals surface area (Å²) in [6.07, 6.45) is 5.26. The summed E-state index contributed by atoms with van der Waals surface area (Å²) in [5.41, 5.74) is 0.755. The van der Waals surface area contributed by atoms with E-state index in [1.165, 1.54) is 6.42 Å². The molecule has 0 fully saturated rings. The maximum Gasteiger partial charge on any atom is 0.166 e. The van der Waals surface area contributed by atoms with Gasteiger partial charge < -0.3 is 14.2 Å². The Hall–Kier alpha value is -1.39. The van der Waals surface area contributed by atoms with Gasteiger partial charge in [0, 0.05) is 18.6 Å². The van der Waals surface area contributed by atoms with Crippen LogP contribution in [0.25, 0.3) is 0 Å². The fourth-order valence-electron chi connectivity index (χ4n) is 2.97. The average Bonchev–Trinajstić information content (AvgIpc) is 2.63. The highest BCUT2D eigenvalue weighted by Crippen LogP contribution is 2.24. The zero-order valence-electron chi connectivity index (χ0n) is 17.0. The van der Waals surface area contributed by atoms with Crippen molar-refractivity contribution in [2.75, 3.05) is 33.5 Å². The van der Waals surface area contributed by atoms with Crippen LogP contribution in [-0.4, -0.2) is 39.3 Å². The molecule has 0 aliphatic carbocycles. The van der Waals surface area contributed by atoms with Gasteiger partial charge in [0.25, 0.3) is 0 Å². The molecule has 1 atom stereocenters. The van der Waals surface area contributed by atoms with Gasteiger partial charge in [-0.1, -0.05) is 52.2 Å². The highest BCUT2D eigenvalue weighted by atomic mass is 16.5. The standard InChI is InChI=1S/C22H36O4/c1-5-8-19(10-6-9-18(2)3)22(23)20-11-7-12-21(17-20)26-16-15-25-14-13-24-4/h7,11-12,17-19H,5-6,8-10,13-16H2,1-4H3. The molecule has 26 heavy (non-hydrogen) atoms. The van der Waals surface area contributed by atoms with Gasteiger partial charge in [-0.15, -0.1) is 0 Å². The molecule has 0 aliphatic heterocycles. The van der Waals surface area contributed by atoms with Crippen molar-refractivity contribution in [1.29, 1.82) is 0 Å². The van der Waals surface area contributed by atoms with E-state index in [4.69, 9.17) is 14.2 Å². The van der Waals surface area contributed by atoms with Crippen molar-refractivity contribution in [2.45, 2.75) is 52.9 Å². The molecule has 4 nitrogen and oxygen atoms in total. The van der Waals surface area contributed by atoms with Crippen LogP contribution in [0, 0.1) is 11.8 Å². The molecule has 1 unspecified atom stereocenters. The highest BCUT2D eigenvalue weighted by molar-refractivity contribution is 5.98. The number of Topliss-reactive ketones (excluding diaryl/α,β-unsaturated/α-hetero) is 1. The quantitative estimate of drug-likeness (QED) is 0.319. The predicted octanol–water partition coefficient (Wildman–Crippen LogP) is 5.15. The van der Waals surface area contributed by atoms with E-state index in [1.807, 2.05) is 24.3 Å². The normalized spacial score (nSPS) is 12.3. The van der Waals surface area contributed by atoms with Crippen LogP contribution in [0.2, 0.25) is 0 Å². The van der Waals surface area contributed by atoms with Gasteiger partial charge in [0.1, 0.15) is 12.4 Å². The van der Waals surface area contributed by atoms with Crippen molar-refractivity contribution in [3.8, 4) is 5.75 Å². The van der Waals surface area contributed by atoms with E-state index in [-0.39, 0.29) is 11.7 Å². The summed E-state index contributed by atoms with van der Waals surface area (Å²) < 4.78 is 16.0. The van der Waals surface area contributed by atoms with E-state index in [9.17, 15) is 4.79 Å². The Labute approximate surface area is 159 Å². The van der Waals surface area contributed by atoms with Crippen molar-refractivity contribution in [3.05, 3.63) is 29.8 Å². The Kier molecular flexibility index (Phi) is 12.0. The summed E-state index contributed by atoms with van der Waals surface area (Å²) >= 11 is 0. The summed E-state index contributed by atoms with van der Waals surface area (Å²) in [5.74, 6) is 1.78. The smallest absolute Gasteiger partial charge is 0.166 e. The monoisotopic (exact) mass is 364 g/mol. The van der Waals surface area contributed by atoms with Crippen LogP contribution in [0.15, 0.2) is 24.3 Å². The zero-order valence-corrected chi connectivity index (χ0v) is 17.0. The Bertz CT molecular complexity index is 499. The average molecular weight is 365 g/mol. The summed E-state index contributed by atoms with van der Waals surface area (Å²) in [5, 5.41) is 0. The minimum atomic E-state index is 0.117. The zero-order chi connectivity index (χ0) is 19.2. The topological polar surface area (TPSA) is 44.8 Å². The molecule has 0 aliphatic rings. The molecule has 0 heterocycles. The van der Waals surface area contributed by atoms with Crippen molar-refractivity contribution >= 4 is 5.78 Å². The lowest BCUT2D eigenvalue weighted by Crippen LogP contribution is -2.15. The largest absolute Gasteiger partial charge is 0.491 e. The lowest BCUT2D eigenvalue weighted by molar-refractivity contribution is 0.0544. The predicted molar refractivity (Wildman–Crippen MR) is 106 cm³/mol. The second kappa shape index (κ2) is 13.8. The van der Waals surface area contributed by atoms with Crippen LogP contribution in [0.3, 0.4) is 0 Å². The number of carbonyl (C=O) groups excluding carboxylic acids is 1. The maximum atomic E-state index is 12.9. The molecule has 1 rings (SSSR count). The minimum absolute atomic E-state index is 0.117. The number of methoxy groups -OCH3 is 1. The lowest BCUT2D eigenvalue weighted by Gasteiger charge is -2.16. The molecule has 0 saturated heterocycles. The molecule has 0 amide bonds. The Morgan fingerprint density at radius 1 is 1.04 bits per heavy atom. The third-order valence-electron chi connectivity index (χ3n) is 4.39. The second-order valence-electron chi connectivity index (χ2n) is 7.16. The third-order valence-corrected chi connectivity index (χ3v) is 4.39. The number of benzene rings is 1. The molecular weight excluding hydrogens is 328 g/mol. The molecule has 0 aromatic heterocycles. The fraction of sp³-hybridized carbons (Fsp3) is 0.682. The van der Waals surface area contributed by atoms with Gasteiger partial charge in [0.15, 0.2) is 5.78 Å². The van der Waals surface area contributed by atoms with E-state index < -0.39 is 0 Å². The van der Waals surface area contributed by atoms with Gasteiger partial charge in [0.2, 0.25) is 0 Å². The molecule has 0 saturated carbocycles. The Morgan fingerprint density at radius 2 is 1.81 bits per heavy atom. The Balaban J connectivity index is 2.55. The molecule has 148 valence electrons. The van der Waals surface area contributed by atoms with Crippen LogP contribution in [-0.2, 0) is 9.47 Å². The highest BCUT2D eigenvalue weighted by Gasteiger charge is 2.19. The molecule has 4 heteroatoms. The Morgan fingerprint density at radius 3 is 2.50 bits per heavy atom. The molecule has 0 N–H and O–H groups in total. The van der Waals surface area contributed by atoms with Crippen LogP contribution in [0.1, 0.15) is 63.2 Å². The number of carbonyl (C=O) groups is 1. The van der Waals surface area contributed by atoms with E-state index in [0.717, 1.165) is 37.0 Å². The molecular formula is C22H36O4. The van der Waals surface area contributed by atoms with Crippen LogP contribution in [0.5, 0.6) is 5.75 Å². The summed E-state index contributed by atoms with van der Waals surface area (Å²) in [4.78, 5) is 12.9. The number of ether oxygens (including phenoxy) is 3. The number of rotatable bonds is 15. The van der Waals surface area contributed by atoms with E-state index in [0.29, 0.717) is 32.3 Å². The van der Waals surface area contributed by atoms with Crippen LogP contribution < -0.4 is 4.74 Å². The van der Waals surface area contributed by atoms with Crippen molar-refractivity contribution in [2.24, 2.45) is 11.8 Å². The molecule has 0 bridgehead atoms. The van der Waals surface area contributed by atoms with Crippen LogP contribution >= 0.6 is 0 Å².